The van der Waals surface area contributed by atoms with Crippen LogP contribution in [0.3, 0.4) is 0 Å². The first-order valence-electron chi connectivity index (χ1n) is 10.1. The van der Waals surface area contributed by atoms with E-state index in [1.165, 1.54) is 5.56 Å². The number of fused-ring (bicyclic) bond motifs is 1. The number of carbonyl (C=O) groups is 1. The maximum absolute atomic E-state index is 12.5. The van der Waals surface area contributed by atoms with Crippen LogP contribution in [0.5, 0.6) is 0 Å². The monoisotopic (exact) mass is 386 g/mol. The molecule has 1 amide bonds. The Balaban J connectivity index is 1.24. The molecule has 4 rings (SSSR count). The molecule has 0 bridgehead atoms. The lowest BCUT2D eigenvalue weighted by Crippen LogP contribution is -2.48. The Bertz CT molecular complexity index is 973. The number of rotatable bonds is 6. The van der Waals surface area contributed by atoms with E-state index in [1.54, 1.807) is 6.20 Å². The number of benzene rings is 2. The molecule has 1 fully saturated rings. The van der Waals surface area contributed by atoms with E-state index >= 15 is 0 Å². The van der Waals surface area contributed by atoms with Gasteiger partial charge in [-0.3, -0.25) is 19.6 Å². The van der Waals surface area contributed by atoms with Crippen molar-refractivity contribution >= 4 is 28.6 Å². The molecule has 3 aromatic rings. The van der Waals surface area contributed by atoms with Gasteiger partial charge in [-0.2, -0.15) is 0 Å². The summed E-state index contributed by atoms with van der Waals surface area (Å²) in [4.78, 5) is 21.6. The van der Waals surface area contributed by atoms with E-state index in [0.717, 1.165) is 49.3 Å². The van der Waals surface area contributed by atoms with Crippen LogP contribution < -0.4 is 5.32 Å². The van der Waals surface area contributed by atoms with Crippen LogP contribution >= 0.6 is 0 Å². The Morgan fingerprint density at radius 2 is 1.69 bits per heavy atom. The molecule has 148 valence electrons. The van der Waals surface area contributed by atoms with Crippen LogP contribution in [0, 0.1) is 0 Å². The third kappa shape index (κ3) is 5.28. The van der Waals surface area contributed by atoms with E-state index in [4.69, 9.17) is 0 Å². The summed E-state index contributed by atoms with van der Waals surface area (Å²) in [7, 11) is 0. The minimum absolute atomic E-state index is 0.0144. The summed E-state index contributed by atoms with van der Waals surface area (Å²) >= 11 is 0. The molecule has 29 heavy (non-hydrogen) atoms. The highest BCUT2D eigenvalue weighted by molar-refractivity contribution is 6.00. The lowest BCUT2D eigenvalue weighted by Gasteiger charge is -2.33. The lowest BCUT2D eigenvalue weighted by atomic mass is 10.2. The van der Waals surface area contributed by atoms with Crippen LogP contribution in [0.4, 0.5) is 5.69 Å². The minimum Gasteiger partial charge on any atom is -0.323 e. The summed E-state index contributed by atoms with van der Waals surface area (Å²) in [6.07, 6.45) is 6.13. The molecule has 1 N–H and O–H groups in total. The number of carbonyl (C=O) groups excluding carboxylic acids is 1. The quantitative estimate of drug-likeness (QED) is 0.704. The van der Waals surface area contributed by atoms with Gasteiger partial charge in [0.2, 0.25) is 5.91 Å². The molecular weight excluding hydrogens is 360 g/mol. The van der Waals surface area contributed by atoms with E-state index in [9.17, 15) is 4.79 Å². The molecular formula is C24H26N4O. The number of amides is 1. The molecule has 5 nitrogen and oxygen atoms in total. The smallest absolute Gasteiger partial charge is 0.238 e. The van der Waals surface area contributed by atoms with Crippen LogP contribution in [0.1, 0.15) is 5.56 Å². The second-order valence-corrected chi connectivity index (χ2v) is 7.32. The molecule has 1 saturated heterocycles. The fourth-order valence-corrected chi connectivity index (χ4v) is 3.63. The number of aromatic nitrogens is 1. The first kappa shape index (κ1) is 19.3. The number of hydrogen-bond donors (Lipinski definition) is 1. The summed E-state index contributed by atoms with van der Waals surface area (Å²) in [6, 6.07) is 20.1. The largest absolute Gasteiger partial charge is 0.323 e. The number of para-hydroxylation sites is 1. The van der Waals surface area contributed by atoms with Crippen LogP contribution in [0.25, 0.3) is 17.0 Å². The van der Waals surface area contributed by atoms with E-state index in [1.807, 2.05) is 36.4 Å². The molecule has 0 unspecified atom stereocenters. The van der Waals surface area contributed by atoms with Crippen molar-refractivity contribution in [2.75, 3.05) is 44.6 Å². The second-order valence-electron chi connectivity index (χ2n) is 7.32. The van der Waals surface area contributed by atoms with Gasteiger partial charge in [0.05, 0.1) is 17.7 Å². The Morgan fingerprint density at radius 1 is 0.931 bits per heavy atom. The number of nitrogens with zero attached hydrogens (tertiary/aromatic N) is 3. The van der Waals surface area contributed by atoms with E-state index in [-0.39, 0.29) is 5.91 Å². The van der Waals surface area contributed by atoms with Gasteiger partial charge in [0.15, 0.2) is 0 Å². The molecule has 2 heterocycles. The molecule has 2 aromatic carbocycles. The Kier molecular flexibility index (Phi) is 6.29. The third-order valence-electron chi connectivity index (χ3n) is 5.21. The van der Waals surface area contributed by atoms with Gasteiger partial charge in [0, 0.05) is 44.3 Å². The van der Waals surface area contributed by atoms with Crippen LogP contribution in [0.15, 0.2) is 72.9 Å². The molecule has 1 aromatic heterocycles. The van der Waals surface area contributed by atoms with Crippen molar-refractivity contribution in [3.05, 3.63) is 78.5 Å². The fourth-order valence-electron chi connectivity index (χ4n) is 3.63. The molecule has 0 saturated carbocycles. The predicted octanol–water partition coefficient (Wildman–Crippen LogP) is 3.50. The van der Waals surface area contributed by atoms with Crippen molar-refractivity contribution in [1.29, 1.82) is 0 Å². The lowest BCUT2D eigenvalue weighted by molar-refractivity contribution is -0.117. The maximum Gasteiger partial charge on any atom is 0.238 e. The number of pyridine rings is 1. The fraction of sp³-hybridized carbons (Fsp3) is 0.250. The predicted molar refractivity (Wildman–Crippen MR) is 119 cm³/mol. The SMILES string of the molecule is O=C(CN1CCN(C/C=C/c2ccccc2)CC1)Nc1cccc2cccnc12. The summed E-state index contributed by atoms with van der Waals surface area (Å²) < 4.78 is 0. The van der Waals surface area contributed by atoms with Crippen LogP contribution in [-0.2, 0) is 4.79 Å². The molecule has 1 aliphatic rings. The second kappa shape index (κ2) is 9.45. The van der Waals surface area contributed by atoms with Crippen molar-refractivity contribution in [3.63, 3.8) is 0 Å². The van der Waals surface area contributed by atoms with Crippen LogP contribution in [0.2, 0.25) is 0 Å². The normalized spacial score (nSPS) is 15.7. The van der Waals surface area contributed by atoms with E-state index in [2.05, 4.69) is 56.5 Å². The van der Waals surface area contributed by atoms with Crippen molar-refractivity contribution in [2.45, 2.75) is 0 Å². The highest BCUT2D eigenvalue weighted by Crippen LogP contribution is 2.20. The number of piperazine rings is 1. The van der Waals surface area contributed by atoms with Crippen molar-refractivity contribution in [2.24, 2.45) is 0 Å². The molecule has 1 aliphatic heterocycles. The summed E-state index contributed by atoms with van der Waals surface area (Å²) in [5.74, 6) is 0.0144. The molecule has 0 radical (unpaired) electrons. The van der Waals surface area contributed by atoms with E-state index in [0.29, 0.717) is 6.54 Å². The van der Waals surface area contributed by atoms with Gasteiger partial charge in [0.25, 0.3) is 0 Å². The Labute approximate surface area is 171 Å². The average molecular weight is 386 g/mol. The molecule has 0 aliphatic carbocycles. The van der Waals surface area contributed by atoms with Gasteiger partial charge in [0.1, 0.15) is 0 Å². The zero-order valence-corrected chi connectivity index (χ0v) is 16.5. The molecule has 0 atom stereocenters. The number of anilines is 1. The van der Waals surface area contributed by atoms with Crippen LogP contribution in [-0.4, -0.2) is 60.0 Å². The van der Waals surface area contributed by atoms with Gasteiger partial charge in [-0.1, -0.05) is 60.7 Å². The standard InChI is InChI=1S/C24H26N4O/c29-23(26-22-12-4-10-21-11-5-13-25-24(21)22)19-28-17-15-27(16-18-28)14-6-9-20-7-2-1-3-8-20/h1-13H,14-19H2,(H,26,29)/b9-6+. The Morgan fingerprint density at radius 3 is 2.52 bits per heavy atom. The Hall–Kier alpha value is -3.02. The zero-order valence-electron chi connectivity index (χ0n) is 16.5. The maximum atomic E-state index is 12.5. The average Bonchev–Trinajstić information content (AvgIpc) is 2.76. The third-order valence-corrected chi connectivity index (χ3v) is 5.21. The highest BCUT2D eigenvalue weighted by Gasteiger charge is 2.18. The van der Waals surface area contributed by atoms with Crippen molar-refractivity contribution in [3.8, 4) is 0 Å². The first-order chi connectivity index (χ1) is 14.3. The van der Waals surface area contributed by atoms with E-state index < -0.39 is 0 Å². The van der Waals surface area contributed by atoms with Gasteiger partial charge < -0.3 is 5.32 Å². The van der Waals surface area contributed by atoms with Crippen molar-refractivity contribution < 1.29 is 4.79 Å². The number of nitrogens with one attached hydrogen (secondary N) is 1. The first-order valence-corrected chi connectivity index (χ1v) is 10.1. The van der Waals surface area contributed by atoms with Gasteiger partial charge in [-0.25, -0.2) is 0 Å². The number of hydrogen-bond acceptors (Lipinski definition) is 4. The molecule has 5 heteroatoms. The summed E-state index contributed by atoms with van der Waals surface area (Å²) in [6.45, 7) is 5.11. The highest BCUT2D eigenvalue weighted by atomic mass is 16.2. The summed E-state index contributed by atoms with van der Waals surface area (Å²) in [5.41, 5.74) is 2.84. The summed E-state index contributed by atoms with van der Waals surface area (Å²) in [5, 5.41) is 4.06. The molecule has 0 spiro atoms. The minimum atomic E-state index is 0.0144. The van der Waals surface area contributed by atoms with Gasteiger partial charge >= 0.3 is 0 Å². The van der Waals surface area contributed by atoms with Crippen molar-refractivity contribution in [1.82, 2.24) is 14.8 Å². The van der Waals surface area contributed by atoms with Gasteiger partial charge in [-0.05, 0) is 17.7 Å². The zero-order chi connectivity index (χ0) is 19.9. The van der Waals surface area contributed by atoms with Gasteiger partial charge in [-0.15, -0.1) is 0 Å². The topological polar surface area (TPSA) is 48.5 Å².